The molecule has 0 spiro atoms. The van der Waals surface area contributed by atoms with Crippen molar-refractivity contribution in [2.45, 2.75) is 22.5 Å². The average molecular weight is 356 g/mol. The number of sulfone groups is 1. The molecule has 25 heavy (non-hydrogen) atoms. The Hall–Kier alpha value is -2.40. The van der Waals surface area contributed by atoms with E-state index in [9.17, 15) is 13.2 Å². The molecule has 2 aromatic carbocycles. The highest BCUT2D eigenvalue weighted by molar-refractivity contribution is 7.92. The van der Waals surface area contributed by atoms with Gasteiger partial charge in [0.25, 0.3) is 0 Å². The Morgan fingerprint density at radius 2 is 1.60 bits per heavy atom. The number of hydrogen-bond donors (Lipinski definition) is 0. The normalized spacial score (nSPS) is 23.4. The lowest BCUT2D eigenvalue weighted by Gasteiger charge is -2.24. The molecular formula is C20H20O4S. The van der Waals surface area contributed by atoms with Gasteiger partial charge in [0.2, 0.25) is 0 Å². The predicted octanol–water partition coefficient (Wildman–Crippen LogP) is 3.36. The van der Waals surface area contributed by atoms with E-state index in [1.807, 2.05) is 30.3 Å². The molecule has 4 nitrogen and oxygen atoms in total. The number of carbonyl (C=O) groups excluding carboxylic acids is 1. The Morgan fingerprint density at radius 1 is 1.04 bits per heavy atom. The summed E-state index contributed by atoms with van der Waals surface area (Å²) in [6.07, 6.45) is 0.308. The highest BCUT2D eigenvalue weighted by atomic mass is 32.2. The predicted molar refractivity (Wildman–Crippen MR) is 95.9 cm³/mol. The second-order valence-electron chi connectivity index (χ2n) is 6.21. The Morgan fingerprint density at radius 3 is 2.16 bits per heavy atom. The Balaban J connectivity index is 2.13. The maximum absolute atomic E-state index is 13.3. The van der Waals surface area contributed by atoms with Crippen molar-refractivity contribution >= 4 is 15.8 Å². The summed E-state index contributed by atoms with van der Waals surface area (Å²) >= 11 is 0. The van der Waals surface area contributed by atoms with Gasteiger partial charge in [-0.1, -0.05) is 60.7 Å². The first kappa shape index (κ1) is 17.4. The van der Waals surface area contributed by atoms with E-state index in [4.69, 9.17) is 4.74 Å². The van der Waals surface area contributed by atoms with Crippen LogP contribution in [0, 0.1) is 5.92 Å². The SMILES string of the molecule is C=C1C[C@H](C(=O)OC)[C@@H](c2ccccc2)[C@@H]1S(=O)(=O)c1ccccc1. The third-order valence-corrected chi connectivity index (χ3v) is 6.96. The van der Waals surface area contributed by atoms with E-state index in [0.717, 1.165) is 5.56 Å². The molecule has 0 radical (unpaired) electrons. The maximum atomic E-state index is 13.3. The van der Waals surface area contributed by atoms with Crippen LogP contribution in [0.15, 0.2) is 77.7 Å². The molecule has 1 aliphatic carbocycles. The van der Waals surface area contributed by atoms with Gasteiger partial charge in [-0.05, 0) is 24.1 Å². The van der Waals surface area contributed by atoms with Crippen molar-refractivity contribution in [3.8, 4) is 0 Å². The zero-order chi connectivity index (χ0) is 18.0. The van der Waals surface area contributed by atoms with Crippen molar-refractivity contribution in [1.82, 2.24) is 0 Å². The molecule has 3 atom stereocenters. The van der Waals surface area contributed by atoms with Crippen LogP contribution in [0.3, 0.4) is 0 Å². The summed E-state index contributed by atoms with van der Waals surface area (Å²) in [7, 11) is -2.34. The minimum absolute atomic E-state index is 0.243. The fourth-order valence-corrected chi connectivity index (χ4v) is 5.72. The molecule has 0 aliphatic heterocycles. The lowest BCUT2D eigenvalue weighted by Crippen LogP contribution is -2.30. The first-order valence-electron chi connectivity index (χ1n) is 8.06. The number of carbonyl (C=O) groups is 1. The van der Waals surface area contributed by atoms with Crippen LogP contribution >= 0.6 is 0 Å². The van der Waals surface area contributed by atoms with Crippen molar-refractivity contribution in [3.63, 3.8) is 0 Å². The van der Waals surface area contributed by atoms with E-state index in [-0.39, 0.29) is 4.90 Å². The lowest BCUT2D eigenvalue weighted by molar-refractivity contribution is -0.145. The molecule has 130 valence electrons. The molecule has 5 heteroatoms. The molecule has 0 heterocycles. The third kappa shape index (κ3) is 3.12. The lowest BCUT2D eigenvalue weighted by atomic mass is 9.89. The van der Waals surface area contributed by atoms with Crippen LogP contribution in [0.1, 0.15) is 17.9 Å². The summed E-state index contributed by atoms with van der Waals surface area (Å²) in [6.45, 7) is 3.98. The smallest absolute Gasteiger partial charge is 0.309 e. The van der Waals surface area contributed by atoms with E-state index >= 15 is 0 Å². The van der Waals surface area contributed by atoms with Crippen molar-refractivity contribution < 1.29 is 17.9 Å². The van der Waals surface area contributed by atoms with Crippen LogP contribution in [0.4, 0.5) is 0 Å². The number of rotatable bonds is 4. The van der Waals surface area contributed by atoms with Gasteiger partial charge in [-0.2, -0.15) is 0 Å². The fourth-order valence-electron chi connectivity index (χ4n) is 3.62. The summed E-state index contributed by atoms with van der Waals surface area (Å²) in [5, 5.41) is -0.846. The number of benzene rings is 2. The molecule has 2 aromatic rings. The van der Waals surface area contributed by atoms with Crippen molar-refractivity contribution in [3.05, 3.63) is 78.4 Å². The van der Waals surface area contributed by atoms with Crippen LogP contribution < -0.4 is 0 Å². The van der Waals surface area contributed by atoms with E-state index in [2.05, 4.69) is 6.58 Å². The van der Waals surface area contributed by atoms with Gasteiger partial charge in [0.05, 0.1) is 23.2 Å². The van der Waals surface area contributed by atoms with E-state index < -0.39 is 32.9 Å². The Kier molecular flexibility index (Phi) is 4.77. The molecule has 0 unspecified atom stereocenters. The third-order valence-electron chi connectivity index (χ3n) is 4.74. The molecular weight excluding hydrogens is 336 g/mol. The monoisotopic (exact) mass is 356 g/mol. The molecule has 0 N–H and O–H groups in total. The van der Waals surface area contributed by atoms with Crippen molar-refractivity contribution in [2.75, 3.05) is 7.11 Å². The zero-order valence-electron chi connectivity index (χ0n) is 14.0. The minimum Gasteiger partial charge on any atom is -0.469 e. The molecule has 0 bridgehead atoms. The number of hydrogen-bond acceptors (Lipinski definition) is 4. The van der Waals surface area contributed by atoms with Crippen molar-refractivity contribution in [1.29, 1.82) is 0 Å². The zero-order valence-corrected chi connectivity index (χ0v) is 14.8. The van der Waals surface area contributed by atoms with Crippen LogP contribution in [0.5, 0.6) is 0 Å². The van der Waals surface area contributed by atoms with Crippen molar-refractivity contribution in [2.24, 2.45) is 5.92 Å². The quantitative estimate of drug-likeness (QED) is 0.622. The Bertz CT molecular complexity index is 872. The van der Waals surface area contributed by atoms with Gasteiger partial charge in [-0.3, -0.25) is 4.79 Å². The standard InChI is InChI=1S/C20H20O4S/c1-14-13-17(20(21)24-2)18(15-9-5-3-6-10-15)19(14)25(22,23)16-11-7-4-8-12-16/h3-12,17-19H,1,13H2,2H3/t17-,18+,19+/m0/s1. The van der Waals surface area contributed by atoms with Gasteiger partial charge in [0.15, 0.2) is 9.84 Å². The summed E-state index contributed by atoms with van der Waals surface area (Å²) < 4.78 is 31.5. The van der Waals surface area contributed by atoms with Crippen LogP contribution in [-0.2, 0) is 19.4 Å². The van der Waals surface area contributed by atoms with Gasteiger partial charge >= 0.3 is 5.97 Å². The van der Waals surface area contributed by atoms with Gasteiger partial charge in [-0.15, -0.1) is 0 Å². The molecule has 1 saturated carbocycles. The van der Waals surface area contributed by atoms with Crippen LogP contribution in [0.2, 0.25) is 0 Å². The molecule has 3 rings (SSSR count). The number of ether oxygens (including phenoxy) is 1. The molecule has 0 amide bonds. The van der Waals surface area contributed by atoms with E-state index in [0.29, 0.717) is 12.0 Å². The Labute approximate surface area is 148 Å². The van der Waals surface area contributed by atoms with Gasteiger partial charge in [0, 0.05) is 5.92 Å². The van der Waals surface area contributed by atoms with Crippen LogP contribution in [-0.4, -0.2) is 26.7 Å². The second-order valence-corrected chi connectivity index (χ2v) is 8.28. The molecule has 1 aliphatic rings. The second kappa shape index (κ2) is 6.84. The fraction of sp³-hybridized carbons (Fsp3) is 0.250. The first-order chi connectivity index (χ1) is 12.0. The largest absolute Gasteiger partial charge is 0.469 e. The minimum atomic E-state index is -3.67. The van der Waals surface area contributed by atoms with Gasteiger partial charge in [0.1, 0.15) is 0 Å². The van der Waals surface area contributed by atoms with Gasteiger partial charge < -0.3 is 4.74 Å². The summed E-state index contributed by atoms with van der Waals surface area (Å²) in [4.78, 5) is 12.5. The van der Waals surface area contributed by atoms with E-state index in [1.54, 1.807) is 30.3 Å². The maximum Gasteiger partial charge on any atom is 0.309 e. The molecule has 0 saturated heterocycles. The number of esters is 1. The average Bonchev–Trinajstić information content (AvgIpc) is 3.00. The van der Waals surface area contributed by atoms with Crippen LogP contribution in [0.25, 0.3) is 0 Å². The molecule has 0 aromatic heterocycles. The highest BCUT2D eigenvalue weighted by Crippen LogP contribution is 2.47. The summed E-state index contributed by atoms with van der Waals surface area (Å²) in [5.74, 6) is -1.46. The summed E-state index contributed by atoms with van der Waals surface area (Å²) in [5.41, 5.74) is 1.36. The first-order valence-corrected chi connectivity index (χ1v) is 9.61. The highest BCUT2D eigenvalue weighted by Gasteiger charge is 2.50. The van der Waals surface area contributed by atoms with Gasteiger partial charge in [-0.25, -0.2) is 8.42 Å². The molecule has 1 fully saturated rings. The summed E-state index contributed by atoms with van der Waals surface area (Å²) in [6, 6.07) is 17.6. The topological polar surface area (TPSA) is 60.4 Å². The number of methoxy groups -OCH3 is 1. The van der Waals surface area contributed by atoms with E-state index in [1.165, 1.54) is 7.11 Å².